The first kappa shape index (κ1) is 25.9. The number of alkyl halides is 3. The molecule has 1 amide bonds. The van der Waals surface area contributed by atoms with Gasteiger partial charge in [-0.15, -0.1) is 11.3 Å². The van der Waals surface area contributed by atoms with Gasteiger partial charge in [0, 0.05) is 31.0 Å². The summed E-state index contributed by atoms with van der Waals surface area (Å²) < 4.78 is 68.4. The first-order valence-electron chi connectivity index (χ1n) is 13.3. The van der Waals surface area contributed by atoms with Gasteiger partial charge in [-0.1, -0.05) is 6.07 Å². The molecular weight excluding hydrogens is 563 g/mol. The summed E-state index contributed by atoms with van der Waals surface area (Å²) in [7, 11) is -3.86. The molecule has 7 rings (SSSR count). The molecule has 210 valence electrons. The second-order valence-corrected chi connectivity index (χ2v) is 14.0. The molecule has 8 nitrogen and oxygen atoms in total. The van der Waals surface area contributed by atoms with Crippen LogP contribution in [0.3, 0.4) is 0 Å². The minimum Gasteiger partial charge on any atom is -0.334 e. The van der Waals surface area contributed by atoms with Gasteiger partial charge in [0.25, 0.3) is 5.91 Å². The Bertz CT molecular complexity index is 1650. The number of halogens is 3. The molecule has 4 heterocycles. The summed E-state index contributed by atoms with van der Waals surface area (Å²) in [4.78, 5) is 22.8. The Kier molecular flexibility index (Phi) is 5.99. The number of nitrogens with zero attached hydrogens (tertiary/aromatic N) is 3. The van der Waals surface area contributed by atoms with Gasteiger partial charge in [-0.05, 0) is 73.4 Å². The Labute approximate surface area is 232 Å². The van der Waals surface area contributed by atoms with Gasteiger partial charge in [0.1, 0.15) is 10.4 Å². The summed E-state index contributed by atoms with van der Waals surface area (Å²) in [5.41, 5.74) is 2.72. The first-order valence-corrected chi connectivity index (χ1v) is 15.8. The largest absolute Gasteiger partial charge is 0.420 e. The lowest BCUT2D eigenvalue weighted by molar-refractivity contribution is -0.137. The highest BCUT2D eigenvalue weighted by Crippen LogP contribution is 2.46. The van der Waals surface area contributed by atoms with Gasteiger partial charge >= 0.3 is 6.18 Å². The van der Waals surface area contributed by atoms with Crippen LogP contribution in [0.15, 0.2) is 29.3 Å². The molecule has 2 aromatic heterocycles. The van der Waals surface area contributed by atoms with Crippen LogP contribution in [0.25, 0.3) is 10.6 Å². The van der Waals surface area contributed by atoms with E-state index in [0.29, 0.717) is 12.5 Å². The quantitative estimate of drug-likeness (QED) is 0.437. The summed E-state index contributed by atoms with van der Waals surface area (Å²) in [6.07, 6.45) is 0.533. The van der Waals surface area contributed by atoms with Gasteiger partial charge in [-0.3, -0.25) is 4.79 Å². The molecule has 2 aliphatic heterocycles. The zero-order valence-corrected chi connectivity index (χ0v) is 23.0. The highest BCUT2D eigenvalue weighted by molar-refractivity contribution is 7.91. The van der Waals surface area contributed by atoms with Gasteiger partial charge in [-0.25, -0.2) is 18.4 Å². The van der Waals surface area contributed by atoms with E-state index in [4.69, 9.17) is 0 Å². The molecule has 2 aliphatic carbocycles. The number of carbonyl (C=O) groups is 1. The third-order valence-electron chi connectivity index (χ3n) is 7.93. The predicted molar refractivity (Wildman–Crippen MR) is 144 cm³/mol. The molecule has 4 aliphatic rings. The van der Waals surface area contributed by atoms with E-state index in [1.165, 1.54) is 16.5 Å². The Morgan fingerprint density at radius 3 is 2.62 bits per heavy atom. The Hall–Kier alpha value is -3.03. The van der Waals surface area contributed by atoms with Crippen LogP contribution in [-0.2, 0) is 29.0 Å². The normalized spacial score (nSPS) is 20.6. The van der Waals surface area contributed by atoms with Crippen LogP contribution in [0.2, 0.25) is 0 Å². The smallest absolute Gasteiger partial charge is 0.334 e. The molecule has 3 aromatic rings. The molecule has 0 unspecified atom stereocenters. The molecule has 2 fully saturated rings. The molecule has 2 saturated carbocycles. The fraction of sp³-hybridized carbons (Fsp3) is 0.444. The van der Waals surface area contributed by atoms with Gasteiger partial charge in [0.15, 0.2) is 9.84 Å². The lowest BCUT2D eigenvalue weighted by atomic mass is 9.95. The monoisotopic (exact) mass is 589 g/mol. The van der Waals surface area contributed by atoms with Crippen LogP contribution in [-0.4, -0.2) is 54.1 Å². The van der Waals surface area contributed by atoms with E-state index in [9.17, 15) is 26.4 Å². The molecule has 0 atom stereocenters. The van der Waals surface area contributed by atoms with Crippen molar-refractivity contribution in [3.05, 3.63) is 51.5 Å². The van der Waals surface area contributed by atoms with E-state index in [1.54, 1.807) is 0 Å². The average molecular weight is 590 g/mol. The number of fused-ring (bicyclic) bond motifs is 2. The average Bonchev–Trinajstić information content (AvgIpc) is 3.85. The van der Waals surface area contributed by atoms with Crippen LogP contribution in [0.1, 0.15) is 63.5 Å². The number of thiophene rings is 1. The lowest BCUT2D eigenvalue weighted by Gasteiger charge is -2.21. The number of hydrogen-bond acceptors (Lipinski definition) is 8. The summed E-state index contributed by atoms with van der Waals surface area (Å²) >= 11 is 0.746. The minimum atomic E-state index is -4.78. The number of hydrogen-bond donors (Lipinski definition) is 2. The Morgan fingerprint density at radius 1 is 1.10 bits per heavy atom. The number of sulfone groups is 1. The molecule has 2 N–H and O–H groups in total. The fourth-order valence-electron chi connectivity index (χ4n) is 5.52. The van der Waals surface area contributed by atoms with E-state index in [2.05, 4.69) is 26.7 Å². The van der Waals surface area contributed by atoms with E-state index < -0.39 is 33.2 Å². The van der Waals surface area contributed by atoms with Crippen molar-refractivity contribution in [3.63, 3.8) is 0 Å². The van der Waals surface area contributed by atoms with Crippen LogP contribution in [0, 0.1) is 0 Å². The van der Waals surface area contributed by atoms with Gasteiger partial charge in [0.05, 0.1) is 21.2 Å². The zero-order valence-electron chi connectivity index (χ0n) is 21.3. The van der Waals surface area contributed by atoms with Crippen molar-refractivity contribution in [1.82, 2.24) is 20.2 Å². The van der Waals surface area contributed by atoms with Gasteiger partial charge < -0.3 is 15.5 Å². The number of aromatic nitrogens is 2. The van der Waals surface area contributed by atoms with Gasteiger partial charge in [0.2, 0.25) is 5.95 Å². The van der Waals surface area contributed by atoms with Crippen LogP contribution in [0.5, 0.6) is 0 Å². The number of benzene rings is 1. The number of amides is 1. The summed E-state index contributed by atoms with van der Waals surface area (Å²) in [6, 6.07) is 5.35. The van der Waals surface area contributed by atoms with E-state index >= 15 is 0 Å². The molecular formula is C27H26F3N5O3S2. The van der Waals surface area contributed by atoms with Crippen LogP contribution < -0.4 is 10.6 Å². The van der Waals surface area contributed by atoms with Crippen molar-refractivity contribution in [2.24, 2.45) is 0 Å². The van der Waals surface area contributed by atoms with Crippen molar-refractivity contribution in [2.75, 3.05) is 24.2 Å². The third-order valence-corrected chi connectivity index (χ3v) is 10.9. The summed E-state index contributed by atoms with van der Waals surface area (Å²) in [6.45, 7) is 1.68. The lowest BCUT2D eigenvalue weighted by Crippen LogP contribution is -2.34. The van der Waals surface area contributed by atoms with Crippen molar-refractivity contribution in [3.8, 4) is 10.6 Å². The van der Waals surface area contributed by atoms with Crippen LogP contribution in [0.4, 0.5) is 24.8 Å². The SMILES string of the molecule is O=C1c2sc(-c3nc(Nc4cc5c(cc4C4CC4)CCNC5)ncc3C(F)(F)F)cc2S(=O)(=O)CCN1C1CC1. The maximum atomic E-state index is 14.1. The summed E-state index contributed by atoms with van der Waals surface area (Å²) in [5.74, 6) is -0.355. The Morgan fingerprint density at radius 2 is 1.90 bits per heavy atom. The maximum absolute atomic E-state index is 14.1. The van der Waals surface area contributed by atoms with Crippen molar-refractivity contribution in [2.45, 2.75) is 61.7 Å². The topological polar surface area (TPSA) is 104 Å². The van der Waals surface area contributed by atoms with Crippen molar-refractivity contribution < 1.29 is 26.4 Å². The maximum Gasteiger partial charge on any atom is 0.420 e. The molecule has 13 heteroatoms. The van der Waals surface area contributed by atoms with Crippen LogP contribution >= 0.6 is 11.3 Å². The first-order chi connectivity index (χ1) is 19.1. The molecule has 0 saturated heterocycles. The van der Waals surface area contributed by atoms with E-state index in [1.807, 2.05) is 6.07 Å². The van der Waals surface area contributed by atoms with E-state index in [0.717, 1.165) is 73.0 Å². The molecule has 1 aromatic carbocycles. The molecule has 0 radical (unpaired) electrons. The van der Waals surface area contributed by atoms with Crippen molar-refractivity contribution in [1.29, 1.82) is 0 Å². The summed E-state index contributed by atoms with van der Waals surface area (Å²) in [5, 5.41) is 6.49. The highest BCUT2D eigenvalue weighted by Gasteiger charge is 2.42. The number of rotatable bonds is 5. The number of carbonyl (C=O) groups excluding carboxylic acids is 1. The fourth-order valence-corrected chi connectivity index (χ4v) is 8.43. The Balaban J connectivity index is 1.31. The number of anilines is 2. The number of nitrogens with one attached hydrogen (secondary N) is 2. The highest BCUT2D eigenvalue weighted by atomic mass is 32.2. The second-order valence-electron chi connectivity index (χ2n) is 10.8. The molecule has 40 heavy (non-hydrogen) atoms. The van der Waals surface area contributed by atoms with Gasteiger partial charge in [-0.2, -0.15) is 13.2 Å². The molecule has 0 bridgehead atoms. The van der Waals surface area contributed by atoms with E-state index in [-0.39, 0.29) is 38.9 Å². The minimum absolute atomic E-state index is 0.0210. The molecule has 0 spiro atoms. The van der Waals surface area contributed by atoms with Crippen molar-refractivity contribution >= 4 is 38.7 Å². The standard InChI is InChI=1S/C27H26F3N5O3S2/c28-27(29,30)19-13-32-26(33-20-10-16-12-31-6-5-15(16)9-18(20)14-1-2-14)34-23(19)21-11-22-24(39-21)25(36)35(17-3-4-17)7-8-40(22,37)38/h9-11,13-14,17,31H,1-8,12H2,(H,32,33,34). The third kappa shape index (κ3) is 4.67. The predicted octanol–water partition coefficient (Wildman–Crippen LogP) is 4.88. The zero-order chi connectivity index (χ0) is 27.8. The second kappa shape index (κ2) is 9.25.